The van der Waals surface area contributed by atoms with E-state index in [-0.39, 0.29) is 18.4 Å². The molecule has 0 saturated heterocycles. The van der Waals surface area contributed by atoms with Crippen molar-refractivity contribution in [2.45, 2.75) is 30.2 Å². The fourth-order valence-corrected chi connectivity index (χ4v) is 2.31. The van der Waals surface area contributed by atoms with Crippen LogP contribution in [0.5, 0.6) is 0 Å². The van der Waals surface area contributed by atoms with Crippen LogP contribution < -0.4 is 5.73 Å². The van der Waals surface area contributed by atoms with Crippen LogP contribution in [0.1, 0.15) is 30.9 Å². The minimum atomic E-state index is 0. The van der Waals surface area contributed by atoms with Gasteiger partial charge in [-0.3, -0.25) is 0 Å². The Labute approximate surface area is 102 Å². The normalized spacial score (nSPS) is 17.7. The van der Waals surface area contributed by atoms with Crippen LogP contribution in [-0.2, 0) is 0 Å². The van der Waals surface area contributed by atoms with E-state index in [0.717, 1.165) is 5.92 Å². The molecular formula is C12H18ClNS. The second kappa shape index (κ2) is 5.78. The molecular weight excluding hydrogens is 226 g/mol. The van der Waals surface area contributed by atoms with Crippen molar-refractivity contribution >= 4 is 24.2 Å². The smallest absolute Gasteiger partial charge is 0.0323 e. The highest BCUT2D eigenvalue weighted by atomic mass is 35.5. The molecule has 0 bridgehead atoms. The third-order valence-corrected chi connectivity index (χ3v) is 3.90. The summed E-state index contributed by atoms with van der Waals surface area (Å²) in [6, 6.07) is 8.94. The van der Waals surface area contributed by atoms with E-state index in [1.807, 2.05) is 0 Å². The lowest BCUT2D eigenvalue weighted by atomic mass is 9.78. The van der Waals surface area contributed by atoms with Gasteiger partial charge >= 0.3 is 0 Å². The molecule has 1 aliphatic carbocycles. The Morgan fingerprint density at radius 1 is 1.27 bits per heavy atom. The molecule has 2 rings (SSSR count). The number of benzene rings is 1. The summed E-state index contributed by atoms with van der Waals surface area (Å²) in [6.07, 6.45) is 6.08. The fourth-order valence-electron chi connectivity index (χ4n) is 1.90. The average Bonchev–Trinajstić information content (AvgIpc) is 2.15. The lowest BCUT2D eigenvalue weighted by Crippen LogP contribution is -2.26. The Balaban J connectivity index is 0.00000112. The number of hydrogen-bond donors (Lipinski definition) is 1. The molecule has 0 heterocycles. The molecule has 1 fully saturated rings. The second-order valence-electron chi connectivity index (χ2n) is 3.99. The van der Waals surface area contributed by atoms with Gasteiger partial charge in [0, 0.05) is 10.9 Å². The van der Waals surface area contributed by atoms with Crippen LogP contribution in [0.15, 0.2) is 29.2 Å². The number of rotatable bonds is 3. The second-order valence-corrected chi connectivity index (χ2v) is 4.87. The number of thioether (sulfide) groups is 1. The zero-order valence-electron chi connectivity index (χ0n) is 8.98. The Hall–Kier alpha value is -0.180. The topological polar surface area (TPSA) is 26.0 Å². The van der Waals surface area contributed by atoms with Crippen molar-refractivity contribution in [1.29, 1.82) is 0 Å². The average molecular weight is 244 g/mol. The van der Waals surface area contributed by atoms with E-state index in [9.17, 15) is 0 Å². The Bertz CT molecular complexity index is 295. The van der Waals surface area contributed by atoms with Crippen LogP contribution in [-0.4, -0.2) is 6.26 Å². The van der Waals surface area contributed by atoms with Crippen molar-refractivity contribution in [3.8, 4) is 0 Å². The molecule has 84 valence electrons. The zero-order valence-corrected chi connectivity index (χ0v) is 10.6. The van der Waals surface area contributed by atoms with Gasteiger partial charge in [0.25, 0.3) is 0 Å². The lowest BCUT2D eigenvalue weighted by Gasteiger charge is -2.31. The molecule has 3 heteroatoms. The minimum absolute atomic E-state index is 0. The summed E-state index contributed by atoms with van der Waals surface area (Å²) >= 11 is 1.78. The van der Waals surface area contributed by atoms with Crippen molar-refractivity contribution in [3.05, 3.63) is 29.8 Å². The highest BCUT2D eigenvalue weighted by Gasteiger charge is 2.25. The molecule has 1 aliphatic rings. The number of hydrogen-bond acceptors (Lipinski definition) is 2. The van der Waals surface area contributed by atoms with Crippen LogP contribution in [0.4, 0.5) is 0 Å². The van der Waals surface area contributed by atoms with Gasteiger partial charge in [-0.2, -0.15) is 0 Å². The molecule has 0 aromatic heterocycles. The summed E-state index contributed by atoms with van der Waals surface area (Å²) < 4.78 is 0. The Morgan fingerprint density at radius 3 is 2.27 bits per heavy atom. The molecule has 15 heavy (non-hydrogen) atoms. The Morgan fingerprint density at radius 2 is 1.87 bits per heavy atom. The van der Waals surface area contributed by atoms with Gasteiger partial charge in [0.05, 0.1) is 0 Å². The van der Waals surface area contributed by atoms with Gasteiger partial charge in [-0.1, -0.05) is 18.6 Å². The maximum Gasteiger partial charge on any atom is 0.0323 e. The molecule has 0 aliphatic heterocycles. The first-order valence-electron chi connectivity index (χ1n) is 5.21. The predicted molar refractivity (Wildman–Crippen MR) is 69.7 cm³/mol. The van der Waals surface area contributed by atoms with E-state index in [0.29, 0.717) is 0 Å². The van der Waals surface area contributed by atoms with Gasteiger partial charge in [-0.15, -0.1) is 24.2 Å². The summed E-state index contributed by atoms with van der Waals surface area (Å²) in [5.74, 6) is 0.732. The first kappa shape index (κ1) is 12.9. The fraction of sp³-hybridized carbons (Fsp3) is 0.500. The standard InChI is InChI=1S/C12H17NS.ClH/c1-14-11-7-5-10(6-8-11)12(13)9-3-2-4-9;/h5-9,12H,2-4,13H2,1H3;1H. The van der Waals surface area contributed by atoms with Crippen LogP contribution in [0.2, 0.25) is 0 Å². The van der Waals surface area contributed by atoms with Crippen molar-refractivity contribution in [2.75, 3.05) is 6.26 Å². The zero-order chi connectivity index (χ0) is 9.97. The van der Waals surface area contributed by atoms with Crippen LogP contribution >= 0.6 is 24.2 Å². The molecule has 1 unspecified atom stereocenters. The summed E-state index contributed by atoms with van der Waals surface area (Å²) in [6.45, 7) is 0. The van der Waals surface area contributed by atoms with Crippen LogP contribution in [0.25, 0.3) is 0 Å². The SMILES string of the molecule is CSc1ccc(C(N)C2CCC2)cc1.Cl. The molecule has 0 radical (unpaired) electrons. The molecule has 2 N–H and O–H groups in total. The minimum Gasteiger partial charge on any atom is -0.324 e. The molecule has 1 nitrogen and oxygen atoms in total. The van der Waals surface area contributed by atoms with E-state index in [4.69, 9.17) is 5.73 Å². The molecule has 1 saturated carbocycles. The maximum atomic E-state index is 6.19. The Kier molecular flexibility index (Phi) is 4.97. The van der Waals surface area contributed by atoms with Crippen molar-refractivity contribution in [3.63, 3.8) is 0 Å². The van der Waals surface area contributed by atoms with Crippen molar-refractivity contribution in [1.82, 2.24) is 0 Å². The lowest BCUT2D eigenvalue weighted by molar-refractivity contribution is 0.264. The van der Waals surface area contributed by atoms with Gasteiger partial charge in [-0.05, 0) is 42.7 Å². The van der Waals surface area contributed by atoms with Gasteiger partial charge in [0.1, 0.15) is 0 Å². The third kappa shape index (κ3) is 2.90. The summed E-state index contributed by atoms with van der Waals surface area (Å²) in [7, 11) is 0. The predicted octanol–water partition coefficient (Wildman–Crippen LogP) is 3.63. The quantitative estimate of drug-likeness (QED) is 0.821. The number of halogens is 1. The number of nitrogens with two attached hydrogens (primary N) is 1. The molecule has 0 amide bonds. The van der Waals surface area contributed by atoms with E-state index in [2.05, 4.69) is 30.5 Å². The molecule has 1 aromatic rings. The monoisotopic (exact) mass is 243 g/mol. The van der Waals surface area contributed by atoms with Crippen molar-refractivity contribution < 1.29 is 0 Å². The van der Waals surface area contributed by atoms with E-state index < -0.39 is 0 Å². The summed E-state index contributed by atoms with van der Waals surface area (Å²) in [5.41, 5.74) is 7.48. The van der Waals surface area contributed by atoms with Crippen LogP contribution in [0, 0.1) is 5.92 Å². The van der Waals surface area contributed by atoms with Gasteiger partial charge < -0.3 is 5.73 Å². The van der Waals surface area contributed by atoms with Crippen molar-refractivity contribution in [2.24, 2.45) is 11.7 Å². The maximum absolute atomic E-state index is 6.19. The molecule has 1 aromatic carbocycles. The highest BCUT2D eigenvalue weighted by molar-refractivity contribution is 7.98. The third-order valence-electron chi connectivity index (χ3n) is 3.16. The van der Waals surface area contributed by atoms with E-state index in [1.165, 1.54) is 29.7 Å². The molecule has 0 spiro atoms. The summed E-state index contributed by atoms with van der Waals surface area (Å²) in [5, 5.41) is 0. The first-order valence-corrected chi connectivity index (χ1v) is 6.43. The summed E-state index contributed by atoms with van der Waals surface area (Å²) in [4.78, 5) is 1.31. The first-order chi connectivity index (χ1) is 6.81. The van der Waals surface area contributed by atoms with E-state index in [1.54, 1.807) is 11.8 Å². The van der Waals surface area contributed by atoms with Gasteiger partial charge in [0.15, 0.2) is 0 Å². The van der Waals surface area contributed by atoms with E-state index >= 15 is 0 Å². The largest absolute Gasteiger partial charge is 0.324 e. The van der Waals surface area contributed by atoms with Gasteiger partial charge in [0.2, 0.25) is 0 Å². The van der Waals surface area contributed by atoms with Crippen LogP contribution in [0.3, 0.4) is 0 Å². The highest BCUT2D eigenvalue weighted by Crippen LogP contribution is 2.36. The van der Waals surface area contributed by atoms with Gasteiger partial charge in [-0.25, -0.2) is 0 Å². The molecule has 1 atom stereocenters.